The number of aromatic nitrogens is 5. The first-order chi connectivity index (χ1) is 8.79. The molecule has 2 heterocycles. The highest BCUT2D eigenvalue weighted by molar-refractivity contribution is 5.26. The van der Waals surface area contributed by atoms with Gasteiger partial charge in [-0.05, 0) is 0 Å². The number of aryl methyl sites for hydroxylation is 2. The molecule has 0 spiro atoms. The highest BCUT2D eigenvalue weighted by Crippen LogP contribution is 2.29. The number of hydrogen-bond acceptors (Lipinski definition) is 4. The molecular formula is C13H21N5O. The monoisotopic (exact) mass is 263 g/mol. The number of nitrogens with zero attached hydrogens (tertiary/aromatic N) is 5. The van der Waals surface area contributed by atoms with Crippen molar-refractivity contribution >= 4 is 0 Å². The molecule has 2 aromatic heterocycles. The minimum atomic E-state index is -0.620. The molecule has 0 saturated heterocycles. The average molecular weight is 263 g/mol. The van der Waals surface area contributed by atoms with E-state index >= 15 is 0 Å². The smallest absolute Gasteiger partial charge is 0.138 e. The second kappa shape index (κ2) is 4.77. The summed E-state index contributed by atoms with van der Waals surface area (Å²) in [6.07, 6.45) is 3.19. The average Bonchev–Trinajstić information content (AvgIpc) is 2.85. The van der Waals surface area contributed by atoms with Crippen molar-refractivity contribution in [1.29, 1.82) is 0 Å². The molecule has 19 heavy (non-hydrogen) atoms. The quantitative estimate of drug-likeness (QED) is 0.901. The van der Waals surface area contributed by atoms with E-state index in [2.05, 4.69) is 36.0 Å². The van der Waals surface area contributed by atoms with E-state index in [-0.39, 0.29) is 5.41 Å². The van der Waals surface area contributed by atoms with Crippen molar-refractivity contribution < 1.29 is 5.11 Å². The Morgan fingerprint density at radius 3 is 2.53 bits per heavy atom. The van der Waals surface area contributed by atoms with Crippen LogP contribution in [0, 0.1) is 0 Å². The molecule has 0 aromatic carbocycles. The Labute approximate surface area is 113 Å². The second-order valence-electron chi connectivity index (χ2n) is 5.88. The molecule has 1 N–H and O–H groups in total. The lowest BCUT2D eigenvalue weighted by Crippen LogP contribution is -2.17. The number of aliphatic hydroxyl groups excluding tert-OH is 1. The normalized spacial score (nSPS) is 13.8. The van der Waals surface area contributed by atoms with Crippen molar-refractivity contribution in [3.63, 3.8) is 0 Å². The van der Waals surface area contributed by atoms with E-state index in [1.54, 1.807) is 9.36 Å². The first-order valence-electron chi connectivity index (χ1n) is 6.34. The largest absolute Gasteiger partial charge is 0.388 e. The molecule has 2 rings (SSSR count). The van der Waals surface area contributed by atoms with Crippen LogP contribution in [-0.2, 0) is 25.9 Å². The Morgan fingerprint density at radius 2 is 2.00 bits per heavy atom. The Morgan fingerprint density at radius 1 is 1.32 bits per heavy atom. The van der Waals surface area contributed by atoms with Crippen LogP contribution in [0.5, 0.6) is 0 Å². The Hall–Kier alpha value is -1.69. The van der Waals surface area contributed by atoms with Crippen LogP contribution in [0.1, 0.15) is 44.0 Å². The molecule has 0 aliphatic carbocycles. The first-order valence-corrected chi connectivity index (χ1v) is 6.34. The molecular weight excluding hydrogens is 242 g/mol. The van der Waals surface area contributed by atoms with Crippen LogP contribution in [0.3, 0.4) is 0 Å². The van der Waals surface area contributed by atoms with Gasteiger partial charge in [0.15, 0.2) is 0 Å². The van der Waals surface area contributed by atoms with E-state index in [0.717, 1.165) is 17.1 Å². The van der Waals surface area contributed by atoms with Crippen LogP contribution < -0.4 is 0 Å². The Bertz CT molecular complexity index is 564. The third-order valence-corrected chi connectivity index (χ3v) is 3.11. The van der Waals surface area contributed by atoms with E-state index in [0.29, 0.717) is 6.42 Å². The van der Waals surface area contributed by atoms with E-state index in [1.807, 2.05) is 20.3 Å². The topological polar surface area (TPSA) is 68.8 Å². The molecule has 0 saturated carbocycles. The van der Waals surface area contributed by atoms with Gasteiger partial charge in [0.25, 0.3) is 0 Å². The third-order valence-electron chi connectivity index (χ3n) is 3.11. The van der Waals surface area contributed by atoms with Gasteiger partial charge in [-0.25, -0.2) is 4.98 Å². The Balaban J connectivity index is 2.29. The second-order valence-corrected chi connectivity index (χ2v) is 5.88. The van der Waals surface area contributed by atoms with Crippen LogP contribution in [0.15, 0.2) is 12.5 Å². The van der Waals surface area contributed by atoms with E-state index in [9.17, 15) is 5.11 Å². The molecule has 2 aromatic rings. The maximum atomic E-state index is 10.4. The number of rotatable bonds is 3. The molecule has 0 bridgehead atoms. The summed E-state index contributed by atoms with van der Waals surface area (Å²) in [6, 6.07) is 0. The summed E-state index contributed by atoms with van der Waals surface area (Å²) in [4.78, 5) is 4.14. The minimum absolute atomic E-state index is 0.0997. The molecule has 0 fully saturated rings. The van der Waals surface area contributed by atoms with E-state index in [1.165, 1.54) is 6.33 Å². The molecule has 0 radical (unpaired) electrons. The zero-order valence-electron chi connectivity index (χ0n) is 12.1. The fourth-order valence-corrected chi connectivity index (χ4v) is 2.12. The third kappa shape index (κ3) is 2.84. The Kier molecular flexibility index (Phi) is 3.45. The lowest BCUT2D eigenvalue weighted by atomic mass is 9.87. The van der Waals surface area contributed by atoms with E-state index in [4.69, 9.17) is 0 Å². The molecule has 104 valence electrons. The molecule has 6 nitrogen and oxygen atoms in total. The highest BCUT2D eigenvalue weighted by Gasteiger charge is 2.26. The molecule has 0 aliphatic heterocycles. The van der Waals surface area contributed by atoms with Crippen LogP contribution in [0.2, 0.25) is 0 Å². The zero-order valence-corrected chi connectivity index (χ0v) is 12.1. The first kappa shape index (κ1) is 13.7. The summed E-state index contributed by atoms with van der Waals surface area (Å²) in [5.74, 6) is 0.760. The van der Waals surface area contributed by atoms with Gasteiger partial charge in [0.05, 0.1) is 11.8 Å². The van der Waals surface area contributed by atoms with Crippen molar-refractivity contribution in [3.8, 4) is 0 Å². The summed E-state index contributed by atoms with van der Waals surface area (Å²) in [5, 5.41) is 18.9. The van der Waals surface area contributed by atoms with Gasteiger partial charge >= 0.3 is 0 Å². The van der Waals surface area contributed by atoms with Crippen molar-refractivity contribution in [3.05, 3.63) is 29.6 Å². The molecule has 0 aliphatic rings. The van der Waals surface area contributed by atoms with Gasteiger partial charge in [0, 0.05) is 37.7 Å². The van der Waals surface area contributed by atoms with Crippen molar-refractivity contribution in [2.24, 2.45) is 14.1 Å². The van der Waals surface area contributed by atoms with Gasteiger partial charge in [0.1, 0.15) is 12.2 Å². The molecule has 0 amide bonds. The molecule has 1 atom stereocenters. The van der Waals surface area contributed by atoms with Crippen molar-refractivity contribution in [2.75, 3.05) is 0 Å². The van der Waals surface area contributed by atoms with Crippen LogP contribution in [-0.4, -0.2) is 29.7 Å². The maximum Gasteiger partial charge on any atom is 0.138 e. The van der Waals surface area contributed by atoms with Gasteiger partial charge in [0.2, 0.25) is 0 Å². The summed E-state index contributed by atoms with van der Waals surface area (Å²) in [5.41, 5.74) is 1.68. The van der Waals surface area contributed by atoms with Crippen LogP contribution >= 0.6 is 0 Å². The molecule has 1 unspecified atom stereocenters. The van der Waals surface area contributed by atoms with Gasteiger partial charge < -0.3 is 5.11 Å². The molecule has 6 heteroatoms. The van der Waals surface area contributed by atoms with Crippen LogP contribution in [0.25, 0.3) is 0 Å². The van der Waals surface area contributed by atoms with Crippen molar-refractivity contribution in [2.45, 2.75) is 38.7 Å². The van der Waals surface area contributed by atoms with E-state index < -0.39 is 6.10 Å². The maximum absolute atomic E-state index is 10.4. The predicted octanol–water partition coefficient (Wildman–Crippen LogP) is 1.12. The van der Waals surface area contributed by atoms with Gasteiger partial charge in [-0.3, -0.25) is 9.36 Å². The lowest BCUT2D eigenvalue weighted by molar-refractivity contribution is 0.172. The van der Waals surface area contributed by atoms with Gasteiger partial charge in [-0.1, -0.05) is 20.8 Å². The lowest BCUT2D eigenvalue weighted by Gasteiger charge is -2.19. The standard InChI is InChI=1S/C13H21N5O/c1-13(2,3)12-9(7-17(4)16-12)10(19)6-11-14-8-15-18(11)5/h7-8,10,19H,6H2,1-5H3. The minimum Gasteiger partial charge on any atom is -0.388 e. The van der Waals surface area contributed by atoms with Gasteiger partial charge in [-0.2, -0.15) is 10.2 Å². The van der Waals surface area contributed by atoms with Gasteiger partial charge in [-0.15, -0.1) is 0 Å². The SMILES string of the molecule is Cn1cc(C(O)Cc2ncnn2C)c(C(C)(C)C)n1. The highest BCUT2D eigenvalue weighted by atomic mass is 16.3. The summed E-state index contributed by atoms with van der Waals surface area (Å²) >= 11 is 0. The summed E-state index contributed by atoms with van der Waals surface area (Å²) in [6.45, 7) is 6.27. The number of hydrogen-bond donors (Lipinski definition) is 1. The predicted molar refractivity (Wildman–Crippen MR) is 71.6 cm³/mol. The summed E-state index contributed by atoms with van der Waals surface area (Å²) in [7, 11) is 3.69. The van der Waals surface area contributed by atoms with Crippen LogP contribution in [0.4, 0.5) is 0 Å². The number of aliphatic hydroxyl groups is 1. The zero-order chi connectivity index (χ0) is 14.2. The fraction of sp³-hybridized carbons (Fsp3) is 0.615. The summed E-state index contributed by atoms with van der Waals surface area (Å²) < 4.78 is 3.42. The fourth-order valence-electron chi connectivity index (χ4n) is 2.12. The van der Waals surface area contributed by atoms with Crippen molar-refractivity contribution in [1.82, 2.24) is 24.5 Å².